The van der Waals surface area contributed by atoms with Crippen molar-refractivity contribution in [1.29, 1.82) is 0 Å². The van der Waals surface area contributed by atoms with Crippen molar-refractivity contribution >= 4 is 27.7 Å². The lowest BCUT2D eigenvalue weighted by Crippen LogP contribution is -2.38. The highest BCUT2D eigenvalue weighted by Gasteiger charge is 2.20. The highest BCUT2D eigenvalue weighted by atomic mass is 79.9. The number of hydrogen-bond acceptors (Lipinski definition) is 2. The first-order chi connectivity index (χ1) is 6.77. The molecule has 0 aromatic heterocycles. The number of benzene rings is 1. The predicted molar refractivity (Wildman–Crippen MR) is 66.8 cm³/mol. The molecule has 1 aliphatic rings. The maximum absolute atomic E-state index is 3.62. The second-order valence-electron chi connectivity index (χ2n) is 3.68. The molecular weight excluding hydrogens is 258 g/mol. The molecule has 1 N–H and O–H groups in total. The molecule has 2 rings (SSSR count). The maximum atomic E-state index is 3.62. The van der Waals surface area contributed by atoms with Crippen molar-refractivity contribution in [2.45, 2.75) is 19.0 Å². The molecule has 14 heavy (non-hydrogen) atoms. The maximum Gasteiger partial charge on any atom is 0.0425 e. The third kappa shape index (κ3) is 2.33. The van der Waals surface area contributed by atoms with Gasteiger partial charge in [-0.05, 0) is 18.6 Å². The molecule has 0 radical (unpaired) electrons. The van der Waals surface area contributed by atoms with Gasteiger partial charge in [0.1, 0.15) is 0 Å². The van der Waals surface area contributed by atoms with Crippen LogP contribution in [0, 0.1) is 0 Å². The van der Waals surface area contributed by atoms with Gasteiger partial charge in [-0.1, -0.05) is 34.1 Å². The summed E-state index contributed by atoms with van der Waals surface area (Å²) in [5.74, 6) is 2.40. The topological polar surface area (TPSA) is 12.0 Å². The summed E-state index contributed by atoms with van der Waals surface area (Å²) in [6.45, 7) is 2.25. The summed E-state index contributed by atoms with van der Waals surface area (Å²) in [6.07, 6.45) is 0. The van der Waals surface area contributed by atoms with Crippen molar-refractivity contribution < 1.29 is 0 Å². The molecule has 1 saturated heterocycles. The predicted octanol–water partition coefficient (Wildman–Crippen LogP) is 3.22. The largest absolute Gasteiger partial charge is 0.306 e. The Hall–Kier alpha value is 0.01000. The summed E-state index contributed by atoms with van der Waals surface area (Å²) in [5, 5.41) is 3.62. The van der Waals surface area contributed by atoms with E-state index in [1.165, 1.54) is 21.5 Å². The normalized spacial score (nSPS) is 27.6. The van der Waals surface area contributed by atoms with E-state index in [0.29, 0.717) is 12.1 Å². The quantitative estimate of drug-likeness (QED) is 0.842. The lowest BCUT2D eigenvalue weighted by Gasteiger charge is -2.29. The highest BCUT2D eigenvalue weighted by Crippen LogP contribution is 2.29. The summed E-state index contributed by atoms with van der Waals surface area (Å²) < 4.78 is 1.22. The third-order valence-electron chi connectivity index (χ3n) is 2.42. The van der Waals surface area contributed by atoms with E-state index in [4.69, 9.17) is 0 Å². The zero-order valence-corrected chi connectivity index (χ0v) is 10.6. The zero-order valence-electron chi connectivity index (χ0n) is 8.16. The average Bonchev–Trinajstić information content (AvgIpc) is 2.18. The fourth-order valence-corrected chi connectivity index (χ4v) is 3.40. The van der Waals surface area contributed by atoms with Crippen molar-refractivity contribution in [3.8, 4) is 0 Å². The number of nitrogens with one attached hydrogen (secondary N) is 1. The molecule has 1 fully saturated rings. The monoisotopic (exact) mass is 271 g/mol. The number of hydrogen-bond donors (Lipinski definition) is 1. The summed E-state index contributed by atoms with van der Waals surface area (Å²) in [7, 11) is 0. The number of thioether (sulfide) groups is 1. The van der Waals surface area contributed by atoms with Gasteiger partial charge in [0.15, 0.2) is 0 Å². The minimum atomic E-state index is 0.499. The lowest BCUT2D eigenvalue weighted by atomic mass is 10.1. The molecule has 0 spiro atoms. The highest BCUT2D eigenvalue weighted by molar-refractivity contribution is 9.10. The average molecular weight is 272 g/mol. The minimum Gasteiger partial charge on any atom is -0.306 e. The molecule has 2 atom stereocenters. The standard InChI is InChI=1S/C11H14BrNS/c1-8-6-14-7-11(13-8)9-4-2-3-5-10(9)12/h2-5,8,11,13H,6-7H2,1H3. The van der Waals surface area contributed by atoms with Gasteiger partial charge in [-0.15, -0.1) is 0 Å². The Morgan fingerprint density at radius 1 is 1.36 bits per heavy atom. The fraction of sp³-hybridized carbons (Fsp3) is 0.455. The molecule has 1 aromatic carbocycles. The van der Waals surface area contributed by atoms with Gasteiger partial charge in [0.25, 0.3) is 0 Å². The second kappa shape index (κ2) is 4.69. The van der Waals surface area contributed by atoms with Crippen molar-refractivity contribution in [2.24, 2.45) is 0 Å². The Balaban J connectivity index is 2.18. The van der Waals surface area contributed by atoms with E-state index in [2.05, 4.69) is 52.4 Å². The van der Waals surface area contributed by atoms with Crippen LogP contribution in [0.25, 0.3) is 0 Å². The summed E-state index contributed by atoms with van der Waals surface area (Å²) in [4.78, 5) is 0. The van der Waals surface area contributed by atoms with Gasteiger partial charge >= 0.3 is 0 Å². The van der Waals surface area contributed by atoms with E-state index >= 15 is 0 Å². The molecule has 76 valence electrons. The van der Waals surface area contributed by atoms with E-state index < -0.39 is 0 Å². The molecule has 0 aliphatic carbocycles. The van der Waals surface area contributed by atoms with Crippen LogP contribution in [0.15, 0.2) is 28.7 Å². The lowest BCUT2D eigenvalue weighted by molar-refractivity contribution is 0.501. The van der Waals surface area contributed by atoms with Crippen molar-refractivity contribution in [3.63, 3.8) is 0 Å². The van der Waals surface area contributed by atoms with Gasteiger partial charge in [0.05, 0.1) is 0 Å². The number of rotatable bonds is 1. The molecule has 1 aromatic rings. The molecule has 2 unspecified atom stereocenters. The summed E-state index contributed by atoms with van der Waals surface area (Å²) >= 11 is 5.63. The Kier molecular flexibility index (Phi) is 3.52. The minimum absolute atomic E-state index is 0.499. The number of halogens is 1. The van der Waals surface area contributed by atoms with Gasteiger partial charge in [0.2, 0.25) is 0 Å². The Labute approximate surface area is 97.8 Å². The first-order valence-corrected chi connectivity index (χ1v) is 6.80. The van der Waals surface area contributed by atoms with E-state index in [1.54, 1.807) is 0 Å². The van der Waals surface area contributed by atoms with Crippen LogP contribution >= 0.6 is 27.7 Å². The van der Waals surface area contributed by atoms with Crippen LogP contribution in [0.4, 0.5) is 0 Å². The van der Waals surface area contributed by atoms with Crippen molar-refractivity contribution in [3.05, 3.63) is 34.3 Å². The van der Waals surface area contributed by atoms with E-state index in [0.717, 1.165) is 0 Å². The van der Waals surface area contributed by atoms with Crippen LogP contribution in [-0.2, 0) is 0 Å². The van der Waals surface area contributed by atoms with Gasteiger partial charge in [-0.2, -0.15) is 11.8 Å². The second-order valence-corrected chi connectivity index (χ2v) is 5.61. The van der Waals surface area contributed by atoms with Crippen molar-refractivity contribution in [2.75, 3.05) is 11.5 Å². The molecule has 3 heteroatoms. The van der Waals surface area contributed by atoms with E-state index in [9.17, 15) is 0 Å². The first-order valence-electron chi connectivity index (χ1n) is 4.85. The molecule has 1 nitrogen and oxygen atoms in total. The third-order valence-corrected chi connectivity index (χ3v) is 4.45. The van der Waals surface area contributed by atoms with Gasteiger partial charge < -0.3 is 5.32 Å². The summed E-state index contributed by atoms with van der Waals surface area (Å²) in [6, 6.07) is 9.59. The zero-order chi connectivity index (χ0) is 9.97. The van der Waals surface area contributed by atoms with Crippen molar-refractivity contribution in [1.82, 2.24) is 5.32 Å². The fourth-order valence-electron chi connectivity index (χ4n) is 1.74. The smallest absolute Gasteiger partial charge is 0.0425 e. The van der Waals surface area contributed by atoms with Crippen LogP contribution < -0.4 is 5.32 Å². The van der Waals surface area contributed by atoms with Gasteiger partial charge in [-0.25, -0.2) is 0 Å². The first kappa shape index (κ1) is 10.5. The van der Waals surface area contributed by atoms with Crippen LogP contribution in [0.1, 0.15) is 18.5 Å². The molecule has 1 heterocycles. The Bertz CT molecular complexity index is 316. The summed E-state index contributed by atoms with van der Waals surface area (Å²) in [5.41, 5.74) is 1.38. The molecule has 1 aliphatic heterocycles. The van der Waals surface area contributed by atoms with E-state index in [1.807, 2.05) is 11.8 Å². The van der Waals surface area contributed by atoms with Gasteiger partial charge in [-0.3, -0.25) is 0 Å². The molecule has 0 saturated carbocycles. The Morgan fingerprint density at radius 3 is 2.86 bits per heavy atom. The molecular formula is C11H14BrNS. The van der Waals surface area contributed by atoms with Crippen LogP contribution in [0.2, 0.25) is 0 Å². The van der Waals surface area contributed by atoms with Crippen LogP contribution in [0.5, 0.6) is 0 Å². The van der Waals surface area contributed by atoms with E-state index in [-0.39, 0.29) is 0 Å². The SMILES string of the molecule is CC1CSCC(c2ccccc2Br)N1. The Morgan fingerprint density at radius 2 is 2.14 bits per heavy atom. The van der Waals surface area contributed by atoms with Gasteiger partial charge in [0, 0.05) is 28.1 Å². The molecule has 0 amide bonds. The molecule has 0 bridgehead atoms. The van der Waals surface area contributed by atoms with Crippen LogP contribution in [0.3, 0.4) is 0 Å². The van der Waals surface area contributed by atoms with Crippen LogP contribution in [-0.4, -0.2) is 17.5 Å².